The third-order valence-corrected chi connectivity index (χ3v) is 7.57. The summed E-state index contributed by atoms with van der Waals surface area (Å²) in [6.07, 6.45) is 2.29. The van der Waals surface area contributed by atoms with E-state index in [0.717, 1.165) is 58.2 Å². The van der Waals surface area contributed by atoms with Crippen LogP contribution >= 0.6 is 0 Å². The second-order valence-corrected chi connectivity index (χ2v) is 11.8. The molecule has 1 fully saturated rings. The Bertz CT molecular complexity index is 1570. The summed E-state index contributed by atoms with van der Waals surface area (Å²) in [5, 5.41) is 11.5. The van der Waals surface area contributed by atoms with Crippen molar-refractivity contribution in [2.75, 3.05) is 13.1 Å². The molecule has 1 atom stereocenters. The molecule has 1 aliphatic rings. The number of amides is 1. The largest absolute Gasteiger partial charge is 0.490 e. The molecule has 4 aromatic rings. The number of nitriles is 1. The van der Waals surface area contributed by atoms with Crippen molar-refractivity contribution in [3.05, 3.63) is 71.5 Å². The van der Waals surface area contributed by atoms with E-state index < -0.39 is 5.60 Å². The molecule has 0 N–H and O–H groups in total. The molecule has 7 heteroatoms. The summed E-state index contributed by atoms with van der Waals surface area (Å²) >= 11 is 0. The van der Waals surface area contributed by atoms with Crippen LogP contribution < -0.4 is 4.74 Å². The summed E-state index contributed by atoms with van der Waals surface area (Å²) in [7, 11) is 0. The zero-order valence-corrected chi connectivity index (χ0v) is 24.1. The number of carbonyl (C=O) groups is 1. The molecule has 0 saturated carbocycles. The highest BCUT2D eigenvalue weighted by atomic mass is 16.6. The van der Waals surface area contributed by atoms with E-state index in [0.29, 0.717) is 31.1 Å². The highest BCUT2D eigenvalue weighted by Crippen LogP contribution is 2.30. The van der Waals surface area contributed by atoms with Gasteiger partial charge in [-0.05, 0) is 73.9 Å². The first-order valence-electron chi connectivity index (χ1n) is 14.2. The summed E-state index contributed by atoms with van der Waals surface area (Å²) in [6, 6.07) is 20.6. The number of hydrogen-bond donors (Lipinski definition) is 0. The van der Waals surface area contributed by atoms with Gasteiger partial charge in [0.05, 0.1) is 22.7 Å². The molecular weight excluding hydrogens is 500 g/mol. The molecule has 3 aromatic carbocycles. The molecule has 1 aromatic heterocycles. The smallest absolute Gasteiger partial charge is 0.410 e. The van der Waals surface area contributed by atoms with E-state index in [1.54, 1.807) is 4.90 Å². The first kappa shape index (κ1) is 27.5. The van der Waals surface area contributed by atoms with Crippen LogP contribution in [0.5, 0.6) is 5.75 Å². The van der Waals surface area contributed by atoms with Crippen molar-refractivity contribution in [3.8, 4) is 11.8 Å². The maximum Gasteiger partial charge on any atom is 0.410 e. The van der Waals surface area contributed by atoms with Gasteiger partial charge in [-0.1, -0.05) is 32.0 Å². The van der Waals surface area contributed by atoms with E-state index in [4.69, 9.17) is 14.5 Å². The van der Waals surface area contributed by atoms with Gasteiger partial charge in [0.15, 0.2) is 0 Å². The molecule has 0 bridgehead atoms. The lowest BCUT2D eigenvalue weighted by atomic mass is 10.0. The first-order chi connectivity index (χ1) is 19.1. The van der Waals surface area contributed by atoms with Crippen molar-refractivity contribution >= 4 is 27.9 Å². The zero-order chi connectivity index (χ0) is 28.4. The predicted molar refractivity (Wildman–Crippen MR) is 158 cm³/mol. The fraction of sp³-hybridized carbons (Fsp3) is 0.424. The first-order valence-corrected chi connectivity index (χ1v) is 14.2. The molecule has 40 heavy (non-hydrogen) atoms. The topological polar surface area (TPSA) is 80.4 Å². The number of hydrogen-bond acceptors (Lipinski definition) is 5. The van der Waals surface area contributed by atoms with Crippen LogP contribution in [-0.2, 0) is 11.3 Å². The quantitative estimate of drug-likeness (QED) is 0.255. The fourth-order valence-electron chi connectivity index (χ4n) is 5.24. The number of carbonyl (C=O) groups excluding carboxylic acids is 1. The molecule has 0 radical (unpaired) electrons. The minimum Gasteiger partial charge on any atom is -0.490 e. The monoisotopic (exact) mass is 538 g/mol. The SMILES string of the molecule is CCC(C)c1nc2ccc(OC3CCN(C(=O)OC(C)(C)C)CC3)cc2n1Cc1ccc2ccc(C#N)cc2c1. The van der Waals surface area contributed by atoms with Crippen LogP contribution in [0.1, 0.15) is 76.8 Å². The Labute approximate surface area is 236 Å². The van der Waals surface area contributed by atoms with Crippen LogP contribution in [-0.4, -0.2) is 45.3 Å². The number of piperidine rings is 1. The Hall–Kier alpha value is -4.05. The number of benzene rings is 3. The average molecular weight is 539 g/mol. The van der Waals surface area contributed by atoms with E-state index in [2.05, 4.69) is 48.7 Å². The van der Waals surface area contributed by atoms with Crippen molar-refractivity contribution in [3.63, 3.8) is 0 Å². The molecule has 5 rings (SSSR count). The number of ether oxygens (including phenoxy) is 2. The third-order valence-electron chi connectivity index (χ3n) is 7.57. The summed E-state index contributed by atoms with van der Waals surface area (Å²) in [5.41, 5.74) is 3.33. The van der Waals surface area contributed by atoms with Crippen molar-refractivity contribution < 1.29 is 14.3 Å². The lowest BCUT2D eigenvalue weighted by Gasteiger charge is -2.33. The normalized spacial score (nSPS) is 15.2. The maximum absolute atomic E-state index is 12.4. The van der Waals surface area contributed by atoms with Gasteiger partial charge in [-0.15, -0.1) is 0 Å². The van der Waals surface area contributed by atoms with Crippen molar-refractivity contribution in [1.82, 2.24) is 14.5 Å². The third kappa shape index (κ3) is 6.07. The Morgan fingerprint density at radius 3 is 2.52 bits per heavy atom. The summed E-state index contributed by atoms with van der Waals surface area (Å²) in [6.45, 7) is 12.0. The Morgan fingerprint density at radius 2 is 1.82 bits per heavy atom. The van der Waals surface area contributed by atoms with E-state index in [1.165, 1.54) is 0 Å². The second kappa shape index (κ2) is 11.2. The highest BCUT2D eigenvalue weighted by Gasteiger charge is 2.28. The second-order valence-electron chi connectivity index (χ2n) is 11.8. The van der Waals surface area contributed by atoms with E-state index in [9.17, 15) is 10.1 Å². The van der Waals surface area contributed by atoms with Crippen LogP contribution in [0.3, 0.4) is 0 Å². The lowest BCUT2D eigenvalue weighted by Crippen LogP contribution is -2.44. The van der Waals surface area contributed by atoms with Gasteiger partial charge >= 0.3 is 6.09 Å². The van der Waals surface area contributed by atoms with Gasteiger partial charge in [-0.25, -0.2) is 9.78 Å². The minimum atomic E-state index is -0.497. The molecule has 0 aliphatic carbocycles. The standard InChI is InChI=1S/C33H38N4O3/c1-6-22(2)31-35-29-12-11-28(39-27-13-15-36(16-14-27)32(38)40-33(3,4)5)19-30(29)37(31)21-24-8-10-25-9-7-23(20-34)17-26(25)18-24/h7-12,17-19,22,27H,6,13-16,21H2,1-5H3. The Morgan fingerprint density at radius 1 is 1.07 bits per heavy atom. The van der Waals surface area contributed by atoms with Crippen molar-refractivity contribution in [2.24, 2.45) is 0 Å². The number of aromatic nitrogens is 2. The van der Waals surface area contributed by atoms with E-state index in [1.807, 2.05) is 51.1 Å². The summed E-state index contributed by atoms with van der Waals surface area (Å²) < 4.78 is 14.3. The van der Waals surface area contributed by atoms with Gasteiger partial charge in [-0.3, -0.25) is 0 Å². The highest BCUT2D eigenvalue weighted by molar-refractivity contribution is 5.84. The van der Waals surface area contributed by atoms with Gasteiger partial charge in [0.25, 0.3) is 0 Å². The molecule has 1 amide bonds. The molecule has 208 valence electrons. The van der Waals surface area contributed by atoms with E-state index in [-0.39, 0.29) is 12.2 Å². The number of imidazole rings is 1. The fourth-order valence-corrected chi connectivity index (χ4v) is 5.24. The van der Waals surface area contributed by atoms with Gasteiger partial charge in [0, 0.05) is 44.5 Å². The molecule has 1 saturated heterocycles. The van der Waals surface area contributed by atoms with Crippen molar-refractivity contribution in [2.45, 2.75) is 78.0 Å². The number of fused-ring (bicyclic) bond motifs is 2. The minimum absolute atomic E-state index is 0.0383. The van der Waals surface area contributed by atoms with Gasteiger partial charge in [0.2, 0.25) is 0 Å². The predicted octanol–water partition coefficient (Wildman–Crippen LogP) is 7.40. The molecular formula is C33H38N4O3. The van der Waals surface area contributed by atoms with Gasteiger partial charge < -0.3 is 18.9 Å². The van der Waals surface area contributed by atoms with E-state index >= 15 is 0 Å². The molecule has 7 nitrogen and oxygen atoms in total. The molecule has 1 aliphatic heterocycles. The molecule has 0 spiro atoms. The summed E-state index contributed by atoms with van der Waals surface area (Å²) in [4.78, 5) is 19.2. The summed E-state index contributed by atoms with van der Waals surface area (Å²) in [5.74, 6) is 2.18. The van der Waals surface area contributed by atoms with Crippen LogP contribution in [0.25, 0.3) is 21.8 Å². The maximum atomic E-state index is 12.4. The Kier molecular flexibility index (Phi) is 7.71. The van der Waals surface area contributed by atoms with Crippen LogP contribution in [0, 0.1) is 11.3 Å². The van der Waals surface area contributed by atoms with Crippen LogP contribution in [0.4, 0.5) is 4.79 Å². The molecule has 1 unspecified atom stereocenters. The number of rotatable bonds is 6. The number of nitrogens with zero attached hydrogens (tertiary/aromatic N) is 4. The van der Waals surface area contributed by atoms with Gasteiger partial charge in [-0.2, -0.15) is 5.26 Å². The van der Waals surface area contributed by atoms with Crippen LogP contribution in [0.2, 0.25) is 0 Å². The van der Waals surface area contributed by atoms with Gasteiger partial charge in [0.1, 0.15) is 23.3 Å². The lowest BCUT2D eigenvalue weighted by molar-refractivity contribution is 0.0127. The van der Waals surface area contributed by atoms with Crippen molar-refractivity contribution in [1.29, 1.82) is 5.26 Å². The number of likely N-dealkylation sites (tertiary alicyclic amines) is 1. The van der Waals surface area contributed by atoms with Crippen LogP contribution in [0.15, 0.2) is 54.6 Å². The molecule has 2 heterocycles. The zero-order valence-electron chi connectivity index (χ0n) is 24.1. The average Bonchev–Trinajstić information content (AvgIpc) is 3.29. The Balaban J connectivity index is 1.38.